The molecule has 0 amide bonds. The molecule has 3 N–H and O–H groups in total. The van der Waals surface area contributed by atoms with Crippen LogP contribution in [0.5, 0.6) is 0 Å². The third-order valence-corrected chi connectivity index (χ3v) is 5.17. The number of hydrazone groups is 1. The molecule has 1 fully saturated rings. The van der Waals surface area contributed by atoms with E-state index < -0.39 is 0 Å². The molecule has 1 saturated heterocycles. The highest BCUT2D eigenvalue weighted by atomic mass is 16.5. The Morgan fingerprint density at radius 3 is 2.92 bits per heavy atom. The topological polar surface area (TPSA) is 110 Å². The van der Waals surface area contributed by atoms with Crippen molar-refractivity contribution in [3.63, 3.8) is 0 Å². The van der Waals surface area contributed by atoms with Crippen molar-refractivity contribution in [2.75, 3.05) is 33.0 Å². The molecule has 9 heteroatoms. The third kappa shape index (κ3) is 2.88. The second kappa shape index (κ2) is 6.56. The Labute approximate surface area is 151 Å². The van der Waals surface area contributed by atoms with Gasteiger partial charge in [0.05, 0.1) is 19.0 Å². The Morgan fingerprint density at radius 2 is 2.27 bits per heavy atom. The second-order valence-corrected chi connectivity index (χ2v) is 6.91. The van der Waals surface area contributed by atoms with Crippen LogP contribution in [0.25, 0.3) is 5.65 Å². The minimum atomic E-state index is -0.243. The van der Waals surface area contributed by atoms with E-state index >= 15 is 0 Å². The first-order valence-corrected chi connectivity index (χ1v) is 8.77. The van der Waals surface area contributed by atoms with E-state index in [0.717, 1.165) is 36.3 Å². The van der Waals surface area contributed by atoms with E-state index in [1.54, 1.807) is 4.52 Å². The first-order valence-electron chi connectivity index (χ1n) is 8.77. The highest BCUT2D eigenvalue weighted by Gasteiger charge is 2.29. The van der Waals surface area contributed by atoms with Crippen molar-refractivity contribution in [2.24, 2.45) is 5.10 Å². The number of ether oxygens (including phenoxy) is 1. The molecule has 26 heavy (non-hydrogen) atoms. The Morgan fingerprint density at radius 1 is 1.42 bits per heavy atom. The first-order chi connectivity index (χ1) is 12.6. The van der Waals surface area contributed by atoms with Gasteiger partial charge in [0.15, 0.2) is 5.65 Å². The second-order valence-electron chi connectivity index (χ2n) is 6.91. The summed E-state index contributed by atoms with van der Waals surface area (Å²) < 4.78 is 6.49. The minimum Gasteiger partial charge on any atom is -0.468 e. The highest BCUT2D eigenvalue weighted by molar-refractivity contribution is 5.76. The summed E-state index contributed by atoms with van der Waals surface area (Å²) in [5, 5.41) is 13.9. The highest BCUT2D eigenvalue weighted by Crippen LogP contribution is 2.29. The van der Waals surface area contributed by atoms with E-state index in [-0.39, 0.29) is 23.8 Å². The average molecular weight is 357 g/mol. The number of hydrogen-bond donors (Lipinski definition) is 2. The molecule has 0 aromatic carbocycles. The summed E-state index contributed by atoms with van der Waals surface area (Å²) in [5.74, 6) is 0.711. The maximum atomic E-state index is 11.7. The maximum absolute atomic E-state index is 11.7. The summed E-state index contributed by atoms with van der Waals surface area (Å²) in [5.41, 5.74) is 8.96. The van der Waals surface area contributed by atoms with E-state index in [4.69, 9.17) is 15.5 Å². The predicted octanol–water partition coefficient (Wildman–Crippen LogP) is 0.335. The van der Waals surface area contributed by atoms with E-state index in [2.05, 4.69) is 15.5 Å². The lowest BCUT2D eigenvalue weighted by Gasteiger charge is -2.28. The molecule has 2 unspecified atom stereocenters. The van der Waals surface area contributed by atoms with Crippen LogP contribution in [0.3, 0.4) is 0 Å². The van der Waals surface area contributed by atoms with Crippen molar-refractivity contribution >= 4 is 23.6 Å². The van der Waals surface area contributed by atoms with Crippen LogP contribution < -0.4 is 11.1 Å². The number of nitrogens with two attached hydrogens (primary N) is 1. The molecule has 2 aliphatic heterocycles. The summed E-state index contributed by atoms with van der Waals surface area (Å²) in [6.07, 6.45) is 5.32. The summed E-state index contributed by atoms with van der Waals surface area (Å²) in [7, 11) is 3.36. The van der Waals surface area contributed by atoms with Crippen LogP contribution in [-0.2, 0) is 9.53 Å². The minimum absolute atomic E-state index is 0.160. The number of hydrogen-bond acceptors (Lipinski definition) is 8. The third-order valence-electron chi connectivity index (χ3n) is 5.17. The average Bonchev–Trinajstić information content (AvgIpc) is 3.27. The molecule has 2 aromatic heterocycles. The zero-order valence-corrected chi connectivity index (χ0v) is 14.9. The van der Waals surface area contributed by atoms with Gasteiger partial charge in [-0.15, -0.1) is 0 Å². The number of piperidine rings is 1. The van der Waals surface area contributed by atoms with E-state index in [1.165, 1.54) is 7.11 Å². The van der Waals surface area contributed by atoms with Crippen LogP contribution in [0, 0.1) is 0 Å². The predicted molar refractivity (Wildman–Crippen MR) is 97.0 cm³/mol. The van der Waals surface area contributed by atoms with Gasteiger partial charge in [-0.1, -0.05) is 0 Å². The standard InChI is InChI=1S/C17H23N7O2/c1-23-9-11(7-20-23)12-8-21-24-15(18)5-14(22-16(12)24)10-3-4-13(19-6-10)17(25)26-2/h5,7-8,10-11,13,19H,3-4,6,9,18H2,1-2H3/t10?,11?,13-/m0/s1. The lowest BCUT2D eigenvalue weighted by atomic mass is 9.91. The molecule has 4 rings (SSSR count). The van der Waals surface area contributed by atoms with Crippen molar-refractivity contribution in [3.8, 4) is 0 Å². The summed E-state index contributed by atoms with van der Waals surface area (Å²) in [4.78, 5) is 16.5. The fraction of sp³-hybridized carbons (Fsp3) is 0.529. The molecule has 0 saturated carbocycles. The number of carbonyl (C=O) groups is 1. The molecular weight excluding hydrogens is 334 g/mol. The number of methoxy groups -OCH3 is 1. The Bertz CT molecular complexity index is 854. The molecule has 3 atom stereocenters. The number of nitrogens with one attached hydrogen (secondary N) is 1. The molecule has 9 nitrogen and oxygen atoms in total. The number of fused-ring (bicyclic) bond motifs is 1. The lowest BCUT2D eigenvalue weighted by molar-refractivity contribution is -0.143. The van der Waals surface area contributed by atoms with Crippen molar-refractivity contribution in [1.82, 2.24) is 24.9 Å². The number of aromatic nitrogens is 3. The van der Waals surface area contributed by atoms with Crippen LogP contribution >= 0.6 is 0 Å². The smallest absolute Gasteiger partial charge is 0.322 e. The molecule has 0 bridgehead atoms. The van der Waals surface area contributed by atoms with Gasteiger partial charge in [0, 0.05) is 49.8 Å². The van der Waals surface area contributed by atoms with Gasteiger partial charge in [0.25, 0.3) is 0 Å². The van der Waals surface area contributed by atoms with Gasteiger partial charge >= 0.3 is 5.97 Å². The molecule has 138 valence electrons. The number of carbonyl (C=O) groups excluding carboxylic acids is 1. The molecule has 0 spiro atoms. The van der Waals surface area contributed by atoms with Crippen molar-refractivity contribution in [2.45, 2.75) is 30.7 Å². The molecule has 2 aromatic rings. The Balaban J connectivity index is 1.61. The number of esters is 1. The van der Waals surface area contributed by atoms with E-state index in [9.17, 15) is 4.79 Å². The summed E-state index contributed by atoms with van der Waals surface area (Å²) in [6, 6.07) is 1.64. The first kappa shape index (κ1) is 16.8. The fourth-order valence-corrected chi connectivity index (χ4v) is 3.70. The maximum Gasteiger partial charge on any atom is 0.322 e. The summed E-state index contributed by atoms with van der Waals surface area (Å²) >= 11 is 0. The fourth-order valence-electron chi connectivity index (χ4n) is 3.70. The summed E-state index contributed by atoms with van der Waals surface area (Å²) in [6.45, 7) is 1.47. The van der Waals surface area contributed by atoms with Crippen LogP contribution in [0.15, 0.2) is 17.4 Å². The molecule has 0 radical (unpaired) electrons. The quantitative estimate of drug-likeness (QED) is 0.762. The van der Waals surface area contributed by atoms with Gasteiger partial charge in [-0.05, 0) is 12.8 Å². The van der Waals surface area contributed by atoms with Gasteiger partial charge in [-0.3, -0.25) is 9.80 Å². The monoisotopic (exact) mass is 357 g/mol. The normalized spacial score (nSPS) is 25.8. The molecule has 2 aliphatic rings. The largest absolute Gasteiger partial charge is 0.468 e. The molecule has 0 aliphatic carbocycles. The molecule has 4 heterocycles. The van der Waals surface area contributed by atoms with Gasteiger partial charge in [0.2, 0.25) is 0 Å². The van der Waals surface area contributed by atoms with Crippen LogP contribution in [-0.4, -0.2) is 65.1 Å². The van der Waals surface area contributed by atoms with Crippen LogP contribution in [0.4, 0.5) is 5.82 Å². The number of rotatable bonds is 3. The van der Waals surface area contributed by atoms with Gasteiger partial charge in [0.1, 0.15) is 11.9 Å². The zero-order valence-electron chi connectivity index (χ0n) is 14.9. The number of likely N-dealkylation sites (N-methyl/N-ethyl adjacent to an activating group) is 1. The number of nitrogen functional groups attached to an aromatic ring is 1. The number of anilines is 1. The SMILES string of the molecule is COC(=O)[C@@H]1CCC(c2cc(N)n3ncc(C4C=NN(C)C4)c3n2)CN1. The van der Waals surface area contributed by atoms with E-state index in [0.29, 0.717) is 12.4 Å². The van der Waals surface area contributed by atoms with Crippen LogP contribution in [0.1, 0.15) is 35.9 Å². The molecular formula is C17H23N7O2. The van der Waals surface area contributed by atoms with Gasteiger partial charge in [-0.2, -0.15) is 14.7 Å². The van der Waals surface area contributed by atoms with Gasteiger partial charge in [-0.25, -0.2) is 4.98 Å². The van der Waals surface area contributed by atoms with Crippen molar-refractivity contribution in [1.29, 1.82) is 0 Å². The Kier molecular flexibility index (Phi) is 4.23. The lowest BCUT2D eigenvalue weighted by Crippen LogP contribution is -2.44. The number of nitrogens with zero attached hydrogens (tertiary/aromatic N) is 5. The van der Waals surface area contributed by atoms with Crippen LogP contribution in [0.2, 0.25) is 0 Å². The zero-order chi connectivity index (χ0) is 18.3. The Hall–Kier alpha value is -2.68. The van der Waals surface area contributed by atoms with Gasteiger partial charge < -0.3 is 15.8 Å². The van der Waals surface area contributed by atoms with Crippen molar-refractivity contribution in [3.05, 3.63) is 23.5 Å². The van der Waals surface area contributed by atoms with Crippen molar-refractivity contribution < 1.29 is 9.53 Å². The van der Waals surface area contributed by atoms with E-state index in [1.807, 2.05) is 30.5 Å².